The van der Waals surface area contributed by atoms with Crippen molar-refractivity contribution in [2.75, 3.05) is 5.32 Å². The first-order chi connectivity index (χ1) is 10.2. The molecule has 1 N–H and O–H groups in total. The highest BCUT2D eigenvalue weighted by Crippen LogP contribution is 2.29. The molecule has 0 amide bonds. The number of hydrogen-bond donors (Lipinski definition) is 1. The second-order valence-corrected chi connectivity index (χ2v) is 6.59. The Morgan fingerprint density at radius 3 is 2.67 bits per heavy atom. The van der Waals surface area contributed by atoms with Crippen molar-refractivity contribution in [1.29, 1.82) is 0 Å². The van der Waals surface area contributed by atoms with Gasteiger partial charge in [0.05, 0.1) is 18.1 Å². The summed E-state index contributed by atoms with van der Waals surface area (Å²) in [6.45, 7) is 6.57. The van der Waals surface area contributed by atoms with Crippen molar-refractivity contribution in [3.8, 4) is 0 Å². The maximum absolute atomic E-state index is 4.60. The summed E-state index contributed by atoms with van der Waals surface area (Å²) in [5.74, 6) is 0.938. The quantitative estimate of drug-likeness (QED) is 0.906. The topological polar surface area (TPSA) is 42.7 Å². The van der Waals surface area contributed by atoms with Crippen molar-refractivity contribution >= 4 is 16.7 Å². The molecule has 4 heteroatoms. The van der Waals surface area contributed by atoms with E-state index in [-0.39, 0.29) is 0 Å². The molecule has 2 heterocycles. The van der Waals surface area contributed by atoms with Crippen LogP contribution in [0, 0.1) is 5.92 Å². The van der Waals surface area contributed by atoms with Gasteiger partial charge in [-0.1, -0.05) is 13.3 Å². The molecule has 21 heavy (non-hydrogen) atoms. The minimum Gasteiger partial charge on any atom is -0.381 e. The van der Waals surface area contributed by atoms with E-state index in [1.54, 1.807) is 0 Å². The number of aromatic nitrogens is 3. The number of pyridine rings is 1. The number of nitrogens with one attached hydrogen (secondary N) is 1. The van der Waals surface area contributed by atoms with Crippen LogP contribution in [0.15, 0.2) is 18.5 Å². The van der Waals surface area contributed by atoms with Crippen LogP contribution in [0.25, 0.3) is 11.0 Å². The molecule has 4 nitrogen and oxygen atoms in total. The van der Waals surface area contributed by atoms with Gasteiger partial charge in [0.25, 0.3) is 0 Å². The van der Waals surface area contributed by atoms with E-state index in [0.717, 1.165) is 22.6 Å². The Labute approximate surface area is 126 Å². The van der Waals surface area contributed by atoms with Crippen molar-refractivity contribution in [2.24, 2.45) is 5.92 Å². The fourth-order valence-corrected chi connectivity index (χ4v) is 3.35. The Morgan fingerprint density at radius 2 is 2.00 bits per heavy atom. The van der Waals surface area contributed by atoms with Crippen LogP contribution in [0.4, 0.5) is 5.69 Å². The highest BCUT2D eigenvalue weighted by molar-refractivity contribution is 5.78. The summed E-state index contributed by atoms with van der Waals surface area (Å²) in [4.78, 5) is 4.60. The Kier molecular flexibility index (Phi) is 4.13. The number of anilines is 1. The molecule has 0 atom stereocenters. The summed E-state index contributed by atoms with van der Waals surface area (Å²) in [5.41, 5.74) is 2.11. The molecular weight excluding hydrogens is 260 g/mol. The van der Waals surface area contributed by atoms with E-state index in [0.29, 0.717) is 12.1 Å². The fraction of sp³-hybridized carbons (Fsp3) is 0.647. The van der Waals surface area contributed by atoms with Gasteiger partial charge in [-0.3, -0.25) is 0 Å². The van der Waals surface area contributed by atoms with E-state index < -0.39 is 0 Å². The molecule has 0 unspecified atom stereocenters. The van der Waals surface area contributed by atoms with Crippen molar-refractivity contribution in [1.82, 2.24) is 14.8 Å². The predicted molar refractivity (Wildman–Crippen MR) is 87.6 cm³/mol. The fourth-order valence-electron chi connectivity index (χ4n) is 3.35. The number of hydrogen-bond acceptors (Lipinski definition) is 3. The van der Waals surface area contributed by atoms with Gasteiger partial charge >= 0.3 is 0 Å². The monoisotopic (exact) mass is 286 g/mol. The first kappa shape index (κ1) is 14.4. The van der Waals surface area contributed by atoms with Crippen LogP contribution in [-0.2, 0) is 0 Å². The third-order valence-corrected chi connectivity index (χ3v) is 4.72. The van der Waals surface area contributed by atoms with Crippen LogP contribution in [0.1, 0.15) is 58.9 Å². The zero-order chi connectivity index (χ0) is 14.8. The highest BCUT2D eigenvalue weighted by atomic mass is 15.3. The van der Waals surface area contributed by atoms with Gasteiger partial charge in [-0.15, -0.1) is 0 Å². The average Bonchev–Trinajstić information content (AvgIpc) is 2.91. The minimum atomic E-state index is 0.345. The molecule has 2 aromatic heterocycles. The largest absolute Gasteiger partial charge is 0.381 e. The molecule has 0 aliphatic heterocycles. The van der Waals surface area contributed by atoms with Crippen LogP contribution in [-0.4, -0.2) is 20.8 Å². The molecule has 0 bridgehead atoms. The zero-order valence-corrected chi connectivity index (χ0v) is 13.3. The second-order valence-electron chi connectivity index (χ2n) is 6.59. The van der Waals surface area contributed by atoms with Gasteiger partial charge in [-0.25, -0.2) is 9.67 Å². The van der Waals surface area contributed by atoms with E-state index in [9.17, 15) is 0 Å². The van der Waals surface area contributed by atoms with Gasteiger partial charge in [-0.05, 0) is 51.5 Å². The van der Waals surface area contributed by atoms with Crippen molar-refractivity contribution in [2.45, 2.75) is 65.0 Å². The van der Waals surface area contributed by atoms with Crippen LogP contribution in [0.5, 0.6) is 0 Å². The molecule has 1 aliphatic rings. The van der Waals surface area contributed by atoms with Crippen molar-refractivity contribution in [3.05, 3.63) is 18.5 Å². The van der Waals surface area contributed by atoms with Gasteiger partial charge in [0, 0.05) is 17.5 Å². The van der Waals surface area contributed by atoms with Gasteiger partial charge < -0.3 is 5.32 Å². The number of rotatable bonds is 4. The van der Waals surface area contributed by atoms with Gasteiger partial charge in [0.1, 0.15) is 0 Å². The molecule has 2 aromatic rings. The lowest BCUT2D eigenvalue weighted by Gasteiger charge is -2.29. The molecule has 0 aromatic carbocycles. The molecule has 1 saturated carbocycles. The maximum atomic E-state index is 4.60. The van der Waals surface area contributed by atoms with Crippen molar-refractivity contribution < 1.29 is 0 Å². The maximum Gasteiger partial charge on any atom is 0.158 e. The summed E-state index contributed by atoms with van der Waals surface area (Å²) in [7, 11) is 0. The normalized spacial score (nSPS) is 22.9. The third kappa shape index (κ3) is 3.04. The molecule has 0 spiro atoms. The lowest BCUT2D eigenvalue weighted by atomic mass is 9.84. The zero-order valence-electron chi connectivity index (χ0n) is 13.3. The standard InChI is InChI=1S/C17H26N4/c1-4-13-5-7-15(8-6-13)20-16-9-14-10-19-21(12(2)3)17(14)18-11-16/h9-13,15,20H,4-8H2,1-3H3. The first-order valence-corrected chi connectivity index (χ1v) is 8.27. The molecular formula is C17H26N4. The van der Waals surface area contributed by atoms with Gasteiger partial charge in [0.2, 0.25) is 0 Å². The highest BCUT2D eigenvalue weighted by Gasteiger charge is 2.20. The molecule has 1 fully saturated rings. The molecule has 1 aliphatic carbocycles. The average molecular weight is 286 g/mol. The first-order valence-electron chi connectivity index (χ1n) is 8.27. The third-order valence-electron chi connectivity index (χ3n) is 4.72. The summed E-state index contributed by atoms with van der Waals surface area (Å²) < 4.78 is 1.98. The minimum absolute atomic E-state index is 0.345. The SMILES string of the molecule is CCC1CCC(Nc2cnc3c(cnn3C(C)C)c2)CC1. The van der Waals surface area contributed by atoms with Crippen LogP contribution in [0.2, 0.25) is 0 Å². The smallest absolute Gasteiger partial charge is 0.158 e. The number of nitrogens with zero attached hydrogens (tertiary/aromatic N) is 3. The number of fused-ring (bicyclic) bond motifs is 1. The summed E-state index contributed by atoms with van der Waals surface area (Å²) in [5, 5.41) is 9.21. The van der Waals surface area contributed by atoms with Crippen LogP contribution >= 0.6 is 0 Å². The summed E-state index contributed by atoms with van der Waals surface area (Å²) in [6, 6.07) is 3.13. The molecule has 0 saturated heterocycles. The Balaban J connectivity index is 1.71. The van der Waals surface area contributed by atoms with E-state index in [1.807, 2.05) is 17.1 Å². The summed E-state index contributed by atoms with van der Waals surface area (Å²) in [6.07, 6.45) is 10.5. The van der Waals surface area contributed by atoms with Gasteiger partial charge in [0.15, 0.2) is 5.65 Å². The Hall–Kier alpha value is -1.58. The molecule has 0 radical (unpaired) electrons. The van der Waals surface area contributed by atoms with E-state index in [1.165, 1.54) is 32.1 Å². The van der Waals surface area contributed by atoms with Crippen LogP contribution < -0.4 is 5.32 Å². The lowest BCUT2D eigenvalue weighted by molar-refractivity contribution is 0.330. The predicted octanol–water partition coefficient (Wildman–Crippen LogP) is 4.39. The van der Waals surface area contributed by atoms with Gasteiger partial charge in [-0.2, -0.15) is 5.10 Å². The van der Waals surface area contributed by atoms with Crippen molar-refractivity contribution in [3.63, 3.8) is 0 Å². The lowest BCUT2D eigenvalue weighted by Crippen LogP contribution is -2.25. The Morgan fingerprint density at radius 1 is 1.24 bits per heavy atom. The molecule has 3 rings (SSSR count). The molecule has 114 valence electrons. The summed E-state index contributed by atoms with van der Waals surface area (Å²) >= 11 is 0. The van der Waals surface area contributed by atoms with E-state index >= 15 is 0 Å². The van der Waals surface area contributed by atoms with E-state index in [2.05, 4.69) is 42.2 Å². The second kappa shape index (κ2) is 6.04. The van der Waals surface area contributed by atoms with Crippen LogP contribution in [0.3, 0.4) is 0 Å². The Bertz CT molecular complexity index is 594. The van der Waals surface area contributed by atoms with E-state index in [4.69, 9.17) is 0 Å².